The van der Waals surface area contributed by atoms with Crippen LogP contribution in [-0.2, 0) is 26.5 Å². The first-order valence-corrected chi connectivity index (χ1v) is 13.4. The Labute approximate surface area is 220 Å². The minimum Gasteiger partial charge on any atom is -0.507 e. The smallest absolute Gasteiger partial charge is 0.144 e. The van der Waals surface area contributed by atoms with E-state index in [1.165, 1.54) is 0 Å². The van der Waals surface area contributed by atoms with Gasteiger partial charge < -0.3 is 10.2 Å². The van der Waals surface area contributed by atoms with Gasteiger partial charge in [0.05, 0.1) is 5.92 Å². The van der Waals surface area contributed by atoms with E-state index in [1.54, 1.807) is 0 Å². The first-order chi connectivity index (χ1) is 16.1. The van der Waals surface area contributed by atoms with Crippen LogP contribution in [-0.4, -0.2) is 16.0 Å². The first kappa shape index (κ1) is 29.9. The molecule has 0 fully saturated rings. The Morgan fingerprint density at radius 3 is 1.06 bits per heavy atom. The minimum atomic E-state index is -0.476. The fraction of sp³-hybridized carbons (Fsp3) is 0.606. The highest BCUT2D eigenvalue weighted by molar-refractivity contribution is 5.89. The van der Waals surface area contributed by atoms with Crippen LogP contribution in [0.2, 0.25) is 0 Å². The second-order valence-corrected chi connectivity index (χ2v) is 14.6. The summed E-state index contributed by atoms with van der Waals surface area (Å²) < 4.78 is 0. The highest BCUT2D eigenvalue weighted by Crippen LogP contribution is 2.45. The van der Waals surface area contributed by atoms with Gasteiger partial charge in [0.1, 0.15) is 17.3 Å². The number of hydrogen-bond acceptors (Lipinski definition) is 3. The molecule has 2 rings (SSSR count). The standard InChI is InChI=1S/C33H50O3/c1-14-15-26(34)27(20-16-22(30(2,3)4)28(35)23(17-20)31(5,6)7)21-18-24(32(8,9)10)29(36)25(19-21)33(11,12)13/h16-19,27,35-36H,14-15H2,1-13H3. The number of Topliss-reactive ketones (excluding diaryl/α,β-unsaturated/α-hetero) is 1. The second kappa shape index (κ2) is 9.88. The van der Waals surface area contributed by atoms with Gasteiger partial charge in [-0.1, -0.05) is 114 Å². The van der Waals surface area contributed by atoms with Crippen LogP contribution in [0.15, 0.2) is 24.3 Å². The maximum Gasteiger partial charge on any atom is 0.144 e. The average molecular weight is 495 g/mol. The predicted molar refractivity (Wildman–Crippen MR) is 153 cm³/mol. The third-order valence-electron chi connectivity index (χ3n) is 6.98. The molecule has 0 unspecified atom stereocenters. The Morgan fingerprint density at radius 1 is 0.611 bits per heavy atom. The molecule has 0 bridgehead atoms. The molecule has 0 aliphatic heterocycles. The summed E-state index contributed by atoms with van der Waals surface area (Å²) in [4.78, 5) is 13.8. The fourth-order valence-electron chi connectivity index (χ4n) is 4.89. The lowest BCUT2D eigenvalue weighted by Gasteiger charge is -2.32. The van der Waals surface area contributed by atoms with Crippen LogP contribution in [0.25, 0.3) is 0 Å². The summed E-state index contributed by atoms with van der Waals surface area (Å²) in [7, 11) is 0. The summed E-state index contributed by atoms with van der Waals surface area (Å²) in [6.07, 6.45) is 1.24. The van der Waals surface area contributed by atoms with Crippen LogP contribution < -0.4 is 0 Å². The maximum atomic E-state index is 13.8. The topological polar surface area (TPSA) is 57.5 Å². The van der Waals surface area contributed by atoms with Crippen molar-refractivity contribution in [1.29, 1.82) is 0 Å². The lowest BCUT2D eigenvalue weighted by Crippen LogP contribution is -2.23. The number of rotatable bonds is 5. The van der Waals surface area contributed by atoms with E-state index in [2.05, 4.69) is 83.1 Å². The van der Waals surface area contributed by atoms with E-state index in [9.17, 15) is 15.0 Å². The molecule has 0 radical (unpaired) electrons. The average Bonchev–Trinajstić information content (AvgIpc) is 2.66. The van der Waals surface area contributed by atoms with Gasteiger partial charge in [0, 0.05) is 6.42 Å². The number of phenolic OH excluding ortho intramolecular Hbond substituents is 2. The summed E-state index contributed by atoms with van der Waals surface area (Å²) in [5, 5.41) is 22.6. The number of ketones is 1. The Morgan fingerprint density at radius 2 is 0.861 bits per heavy atom. The Kier molecular flexibility index (Phi) is 8.21. The van der Waals surface area contributed by atoms with Crippen molar-refractivity contribution in [3.63, 3.8) is 0 Å². The number of carbonyl (C=O) groups excluding carboxylic acids is 1. The van der Waals surface area contributed by atoms with Crippen molar-refractivity contribution in [2.75, 3.05) is 0 Å². The van der Waals surface area contributed by atoms with E-state index in [4.69, 9.17) is 0 Å². The molecule has 0 atom stereocenters. The summed E-state index contributed by atoms with van der Waals surface area (Å²) in [5.41, 5.74) is 4.06. The molecule has 0 aromatic heterocycles. The molecule has 3 nitrogen and oxygen atoms in total. The molecule has 0 aliphatic carbocycles. The van der Waals surface area contributed by atoms with Crippen LogP contribution in [0, 0.1) is 0 Å². The molecule has 200 valence electrons. The Balaban J connectivity index is 3.04. The normalized spacial score (nSPS) is 13.4. The van der Waals surface area contributed by atoms with Crippen molar-refractivity contribution < 1.29 is 15.0 Å². The molecule has 3 heteroatoms. The molecular formula is C33H50O3. The SMILES string of the molecule is CCCC(=O)C(c1cc(C(C)(C)C)c(O)c(C(C)(C)C)c1)c1cc(C(C)(C)C)c(O)c(C(C)(C)C)c1. The van der Waals surface area contributed by atoms with E-state index in [0.29, 0.717) is 17.9 Å². The van der Waals surface area contributed by atoms with Crippen molar-refractivity contribution in [1.82, 2.24) is 0 Å². The van der Waals surface area contributed by atoms with E-state index < -0.39 is 5.92 Å². The van der Waals surface area contributed by atoms with E-state index >= 15 is 0 Å². The monoisotopic (exact) mass is 494 g/mol. The molecule has 0 spiro atoms. The van der Waals surface area contributed by atoms with Gasteiger partial charge in [-0.2, -0.15) is 0 Å². The van der Waals surface area contributed by atoms with E-state index in [0.717, 1.165) is 39.8 Å². The minimum absolute atomic E-state index is 0.160. The zero-order valence-electron chi connectivity index (χ0n) is 25.1. The summed E-state index contributed by atoms with van der Waals surface area (Å²) >= 11 is 0. The molecule has 0 heterocycles. The van der Waals surface area contributed by atoms with Crippen molar-refractivity contribution >= 4 is 5.78 Å². The molecule has 2 aromatic rings. The van der Waals surface area contributed by atoms with Crippen LogP contribution >= 0.6 is 0 Å². The number of benzene rings is 2. The van der Waals surface area contributed by atoms with Crippen LogP contribution in [0.1, 0.15) is 142 Å². The van der Waals surface area contributed by atoms with Crippen LogP contribution in [0.4, 0.5) is 0 Å². The second-order valence-electron chi connectivity index (χ2n) is 14.6. The molecule has 0 aliphatic rings. The number of carbonyl (C=O) groups is 1. The first-order valence-electron chi connectivity index (χ1n) is 13.4. The molecule has 2 N–H and O–H groups in total. The third kappa shape index (κ3) is 6.33. The van der Waals surface area contributed by atoms with Gasteiger partial charge in [-0.15, -0.1) is 0 Å². The molecule has 36 heavy (non-hydrogen) atoms. The highest BCUT2D eigenvalue weighted by Gasteiger charge is 2.33. The van der Waals surface area contributed by atoms with Crippen molar-refractivity contribution in [2.45, 2.75) is 130 Å². The van der Waals surface area contributed by atoms with Crippen LogP contribution in [0.5, 0.6) is 11.5 Å². The van der Waals surface area contributed by atoms with Crippen LogP contribution in [0.3, 0.4) is 0 Å². The van der Waals surface area contributed by atoms with Gasteiger partial charge in [-0.05, 0) is 61.5 Å². The van der Waals surface area contributed by atoms with Gasteiger partial charge in [-0.25, -0.2) is 0 Å². The zero-order valence-corrected chi connectivity index (χ0v) is 25.1. The van der Waals surface area contributed by atoms with Gasteiger partial charge in [0.2, 0.25) is 0 Å². The summed E-state index contributed by atoms with van der Waals surface area (Å²) in [6, 6.07) is 8.12. The molecule has 0 amide bonds. The number of aromatic hydroxyl groups is 2. The summed E-state index contributed by atoms with van der Waals surface area (Å²) in [5.74, 6) is 0.317. The van der Waals surface area contributed by atoms with Gasteiger partial charge in [0.25, 0.3) is 0 Å². The Bertz CT molecular complexity index is 958. The number of phenols is 2. The quantitative estimate of drug-likeness (QED) is 0.436. The lowest BCUT2D eigenvalue weighted by molar-refractivity contribution is -0.119. The van der Waals surface area contributed by atoms with E-state index in [-0.39, 0.29) is 27.4 Å². The Hall–Kier alpha value is -2.29. The summed E-state index contributed by atoms with van der Waals surface area (Å²) in [6.45, 7) is 27.2. The fourth-order valence-corrected chi connectivity index (χ4v) is 4.89. The molecule has 0 saturated carbocycles. The largest absolute Gasteiger partial charge is 0.507 e. The predicted octanol–water partition coefficient (Wildman–Crippen LogP) is 8.79. The third-order valence-corrected chi connectivity index (χ3v) is 6.98. The zero-order chi connectivity index (χ0) is 28.0. The van der Waals surface area contributed by atoms with Gasteiger partial charge >= 0.3 is 0 Å². The van der Waals surface area contributed by atoms with Gasteiger partial charge in [0.15, 0.2) is 0 Å². The number of hydrogen-bond donors (Lipinski definition) is 2. The van der Waals surface area contributed by atoms with Crippen molar-refractivity contribution in [3.05, 3.63) is 57.6 Å². The maximum absolute atomic E-state index is 13.8. The van der Waals surface area contributed by atoms with Gasteiger partial charge in [-0.3, -0.25) is 4.79 Å². The lowest BCUT2D eigenvalue weighted by atomic mass is 9.73. The molecular weight excluding hydrogens is 444 g/mol. The van der Waals surface area contributed by atoms with E-state index in [1.807, 2.05) is 31.2 Å². The molecule has 2 aromatic carbocycles. The highest BCUT2D eigenvalue weighted by atomic mass is 16.3. The van der Waals surface area contributed by atoms with Crippen molar-refractivity contribution in [2.24, 2.45) is 0 Å². The molecule has 0 saturated heterocycles. The van der Waals surface area contributed by atoms with Crippen molar-refractivity contribution in [3.8, 4) is 11.5 Å².